The monoisotopic (exact) mass is 1260 g/mol. The number of rotatable bonds is 5. The summed E-state index contributed by atoms with van der Waals surface area (Å²) in [7, 11) is 7.50. The van der Waals surface area contributed by atoms with Gasteiger partial charge in [-0.3, -0.25) is 4.79 Å². The first kappa shape index (κ1) is 178. The molecule has 0 unspecified atom stereocenters. The summed E-state index contributed by atoms with van der Waals surface area (Å²) in [6.07, 6.45) is 12.6. The van der Waals surface area contributed by atoms with Crippen LogP contribution in [0.5, 0.6) is 0 Å². The lowest BCUT2D eigenvalue weighted by Crippen LogP contribution is -2.33. The van der Waals surface area contributed by atoms with E-state index in [0.29, 0.717) is 0 Å². The zero-order chi connectivity index (χ0) is 74.3. The molecule has 2 rings (SSSR count). The summed E-state index contributed by atoms with van der Waals surface area (Å²) in [5.41, 5.74) is 24.0. The van der Waals surface area contributed by atoms with Gasteiger partial charge in [0, 0.05) is 32.7 Å². The summed E-state index contributed by atoms with van der Waals surface area (Å²) >= 11 is 0. The van der Waals surface area contributed by atoms with Crippen molar-refractivity contribution in [3.05, 3.63) is 48.0 Å². The number of benzene rings is 1. The van der Waals surface area contributed by atoms with Gasteiger partial charge in [-0.2, -0.15) is 0 Å². The molecule has 0 aliphatic carbocycles. The van der Waals surface area contributed by atoms with E-state index in [2.05, 4.69) is 143 Å². The lowest BCUT2D eigenvalue weighted by atomic mass is 10.1. The van der Waals surface area contributed by atoms with Crippen molar-refractivity contribution in [3.63, 3.8) is 0 Å². The minimum Gasteiger partial charge on any atom is -0.394 e. The summed E-state index contributed by atoms with van der Waals surface area (Å²) in [6.45, 7) is 76.1. The molecule has 1 aromatic carbocycles. The van der Waals surface area contributed by atoms with Crippen LogP contribution in [-0.2, 0) is 59.1 Å². The van der Waals surface area contributed by atoms with Crippen molar-refractivity contribution >= 4 is 67.0 Å². The van der Waals surface area contributed by atoms with Gasteiger partial charge in [-0.1, -0.05) is 186 Å². The zero-order valence-electron chi connectivity index (χ0n) is 63.7. The van der Waals surface area contributed by atoms with Gasteiger partial charge in [0.05, 0.1) is 5.60 Å². The van der Waals surface area contributed by atoms with Gasteiger partial charge < -0.3 is 105 Å². The van der Waals surface area contributed by atoms with E-state index in [4.69, 9.17) is 53.0 Å². The SMILES string of the molecule is C/C=C\C.C=O.C=O.C=O.C=O.C=O.C=O.C=O.C=O.C=O.CC.CC.CC.CC.CC(=O)N1CCCCC1.CC(C)O.CCC(C)C.CCC(C)C.CCC(C)C.CCOC(C)(C)C.CCc1ccccc1.CN.CN.CN.CN.CN.N.N.N. The number of ether oxygens (including phenoxy) is 1. The van der Waals surface area contributed by atoms with E-state index < -0.39 is 0 Å². The molecule has 1 saturated heterocycles. The summed E-state index contributed by atoms with van der Waals surface area (Å²) in [4.78, 5) is 84.6. The smallest absolute Gasteiger partial charge is 0.219 e. The molecule has 20 N–H and O–H groups in total. The number of amides is 1. The Morgan fingerprint density at radius 1 is 0.477 bits per heavy atom. The van der Waals surface area contributed by atoms with Crippen molar-refractivity contribution in [1.29, 1.82) is 0 Å². The summed E-state index contributed by atoms with van der Waals surface area (Å²) in [5.74, 6) is 2.88. The Hall–Kier alpha value is -4.94. The number of piperidine rings is 1. The number of aliphatic hydroxyl groups excluding tert-OH is 1. The molecule has 1 amide bonds. The molecule has 21 nitrogen and oxygen atoms in total. The first-order chi connectivity index (χ1) is 39.8. The Balaban J connectivity index is -0.0000000173. The third-order valence-corrected chi connectivity index (χ3v) is 6.41. The van der Waals surface area contributed by atoms with Crippen molar-refractivity contribution in [2.75, 3.05) is 54.9 Å². The van der Waals surface area contributed by atoms with E-state index >= 15 is 0 Å². The van der Waals surface area contributed by atoms with Gasteiger partial charge in [0.15, 0.2) is 0 Å². The number of aliphatic hydroxyl groups is 1. The zero-order valence-corrected chi connectivity index (χ0v) is 63.7. The third-order valence-electron chi connectivity index (χ3n) is 6.41. The van der Waals surface area contributed by atoms with E-state index in [0.717, 1.165) is 43.9 Å². The lowest BCUT2D eigenvalue weighted by Gasteiger charge is -2.24. The largest absolute Gasteiger partial charge is 0.394 e. The van der Waals surface area contributed by atoms with Crippen LogP contribution >= 0.6 is 0 Å². The fourth-order valence-corrected chi connectivity index (χ4v) is 2.36. The highest BCUT2D eigenvalue weighted by molar-refractivity contribution is 5.73. The quantitative estimate of drug-likeness (QED) is 0.124. The Morgan fingerprint density at radius 2 is 0.651 bits per heavy atom. The van der Waals surface area contributed by atoms with Crippen LogP contribution in [-0.4, -0.2) is 144 Å². The molecule has 0 bridgehead atoms. The summed E-state index contributed by atoms with van der Waals surface area (Å²) in [5, 5.41) is 8.06. The van der Waals surface area contributed by atoms with Crippen LogP contribution in [0.2, 0.25) is 0 Å². The molecule has 542 valence electrons. The molecule has 0 atom stereocenters. The normalized spacial score (nSPS) is 7.49. The van der Waals surface area contributed by atoms with Crippen molar-refractivity contribution in [3.8, 4) is 0 Å². The standard InChI is InChI=1S/C8H10.C7H13NO.C6H14O.3C5H12.C4H8.C3H8O.4C2H6.5CH5N.9CH2O.3H3N/c1-2-8-6-4-3-5-7-8;1-7(9)8-5-3-2-4-6-8;1-5-7-6(2,3)4;3*1-4-5(2)3;1-3-4-2;1-3(2)4;18*1-2;;;/h3-7H,2H2,1H3;2-6H2,1H3;5H2,1-4H3;3*5H,4H2,1-3H3;2*3-4H,1-2H3;4*1-2H3;5*2H2,1H3;9*1H2;3*1H3/b;;;;;;4-3-;;;;;;;;;;;;;;;;;;;;;;. The van der Waals surface area contributed by atoms with E-state index in [1.165, 1.54) is 79.3 Å². The second-order valence-corrected chi connectivity index (χ2v) is 14.1. The Labute approximate surface area is 539 Å². The van der Waals surface area contributed by atoms with Crippen LogP contribution in [0, 0.1) is 17.8 Å². The van der Waals surface area contributed by atoms with Crippen molar-refractivity contribution in [2.24, 2.45) is 46.4 Å². The van der Waals surface area contributed by atoms with Gasteiger partial charge in [-0.05, 0) is 140 Å². The Bertz CT molecular complexity index is 845. The van der Waals surface area contributed by atoms with Gasteiger partial charge in [0.2, 0.25) is 5.91 Å². The van der Waals surface area contributed by atoms with Crippen molar-refractivity contribution in [1.82, 2.24) is 23.4 Å². The number of carbonyl (C=O) groups excluding carboxylic acids is 10. The molecule has 21 heteroatoms. The number of carbonyl (C=O) groups is 10. The molecule has 0 saturated carbocycles. The topological polar surface area (TPSA) is 438 Å². The maximum Gasteiger partial charge on any atom is 0.219 e. The molecule has 1 heterocycles. The number of nitrogens with zero attached hydrogens (tertiary/aromatic N) is 1. The molecule has 0 aromatic heterocycles. The van der Waals surface area contributed by atoms with E-state index in [9.17, 15) is 4.79 Å². The molecular formula is C65H165N9O12. The van der Waals surface area contributed by atoms with Crippen LogP contribution in [0.25, 0.3) is 0 Å². The summed E-state index contributed by atoms with van der Waals surface area (Å²) in [6, 6.07) is 10.5. The lowest BCUT2D eigenvalue weighted by molar-refractivity contribution is -0.129. The molecule has 86 heavy (non-hydrogen) atoms. The number of hydrogen-bond donors (Lipinski definition) is 9. The first-order valence-corrected chi connectivity index (χ1v) is 28.4. The molecule has 0 radical (unpaired) electrons. The van der Waals surface area contributed by atoms with E-state index in [-0.39, 0.29) is 36.1 Å². The fourth-order valence-electron chi connectivity index (χ4n) is 2.36. The third kappa shape index (κ3) is 612. The average molecular weight is 1270 g/mol. The molecule has 1 aliphatic rings. The Morgan fingerprint density at radius 3 is 0.721 bits per heavy atom. The van der Waals surface area contributed by atoms with Gasteiger partial charge in [0.25, 0.3) is 0 Å². The van der Waals surface area contributed by atoms with Gasteiger partial charge >= 0.3 is 0 Å². The second kappa shape index (κ2) is 312. The highest BCUT2D eigenvalue weighted by Crippen LogP contribution is 2.08. The van der Waals surface area contributed by atoms with Gasteiger partial charge in [0.1, 0.15) is 61.1 Å². The van der Waals surface area contributed by atoms with Gasteiger partial charge in [-0.25, -0.2) is 0 Å². The highest BCUT2D eigenvalue weighted by atomic mass is 16.5. The maximum absolute atomic E-state index is 10.7. The average Bonchev–Trinajstić information content (AvgIpc) is 3.58. The van der Waals surface area contributed by atoms with Crippen LogP contribution in [0.3, 0.4) is 0 Å². The van der Waals surface area contributed by atoms with Crippen LogP contribution < -0.4 is 47.1 Å². The van der Waals surface area contributed by atoms with Crippen LogP contribution in [0.15, 0.2) is 42.5 Å². The van der Waals surface area contributed by atoms with Crippen molar-refractivity contribution < 1.29 is 57.8 Å². The number of allylic oxidation sites excluding steroid dienone is 2. The molecular weight excluding hydrogens is 1100 g/mol. The van der Waals surface area contributed by atoms with Crippen LogP contribution in [0.1, 0.15) is 231 Å². The maximum atomic E-state index is 10.7. The van der Waals surface area contributed by atoms with E-state index in [1.807, 2.05) is 160 Å². The number of hydrogen-bond acceptors (Lipinski definition) is 20. The Kier molecular flexibility index (Phi) is 645. The number of aryl methyl sites for hydroxylation is 1. The summed E-state index contributed by atoms with van der Waals surface area (Å²) < 4.78 is 5.23. The van der Waals surface area contributed by atoms with Gasteiger partial charge in [-0.15, -0.1) is 0 Å². The van der Waals surface area contributed by atoms with Crippen LogP contribution in [0.4, 0.5) is 0 Å². The highest BCUT2D eigenvalue weighted by Gasteiger charge is 2.11. The van der Waals surface area contributed by atoms with Crippen molar-refractivity contribution in [2.45, 2.75) is 244 Å². The minimum absolute atomic E-state index is 0. The molecule has 0 spiro atoms. The molecule has 1 aliphatic heterocycles. The fraction of sp³-hybridized carbons (Fsp3) is 0.723. The predicted octanol–water partition coefficient (Wildman–Crippen LogP) is 14.0. The molecule has 1 aromatic rings. The first-order valence-electron chi connectivity index (χ1n) is 28.4. The second-order valence-electron chi connectivity index (χ2n) is 14.1. The predicted molar refractivity (Wildman–Crippen MR) is 392 cm³/mol. The molecule has 1 fully saturated rings. The number of nitrogens with two attached hydrogens (primary N) is 5. The minimum atomic E-state index is -0.167. The van der Waals surface area contributed by atoms with E-state index in [1.54, 1.807) is 20.8 Å². The number of likely N-dealkylation sites (tertiary alicyclic amines) is 1.